The summed E-state index contributed by atoms with van der Waals surface area (Å²) < 4.78 is 6.27. The van der Waals surface area contributed by atoms with Gasteiger partial charge in [0.25, 0.3) is 0 Å². The van der Waals surface area contributed by atoms with Gasteiger partial charge in [-0.25, -0.2) is 4.79 Å². The lowest BCUT2D eigenvalue weighted by molar-refractivity contribution is -0.135. The Morgan fingerprint density at radius 1 is 1.30 bits per heavy atom. The highest BCUT2D eigenvalue weighted by Crippen LogP contribution is 2.23. The summed E-state index contributed by atoms with van der Waals surface area (Å²) in [7, 11) is 0. The van der Waals surface area contributed by atoms with Crippen molar-refractivity contribution in [1.82, 2.24) is 9.88 Å². The lowest BCUT2D eigenvalue weighted by atomic mass is 10.1. The molecular formula is C13H10N2O5. The van der Waals surface area contributed by atoms with Crippen molar-refractivity contribution < 1.29 is 18.8 Å². The van der Waals surface area contributed by atoms with Crippen molar-refractivity contribution in [2.45, 2.75) is 18.9 Å². The first-order valence-corrected chi connectivity index (χ1v) is 6.04. The number of amides is 2. The SMILES string of the molecule is O=Cc1ccc2c(c1)oc(=O)n2C1CCC(=O)NC1=O. The molecule has 7 heteroatoms. The molecular weight excluding hydrogens is 264 g/mol. The Balaban J connectivity index is 2.14. The zero-order valence-electron chi connectivity index (χ0n) is 10.3. The molecule has 3 rings (SSSR count). The van der Waals surface area contributed by atoms with Crippen LogP contribution in [0.1, 0.15) is 29.2 Å². The molecule has 1 unspecified atom stereocenters. The van der Waals surface area contributed by atoms with Crippen LogP contribution in [0.15, 0.2) is 27.4 Å². The number of oxazole rings is 1. The Morgan fingerprint density at radius 2 is 2.10 bits per heavy atom. The summed E-state index contributed by atoms with van der Waals surface area (Å²) >= 11 is 0. The van der Waals surface area contributed by atoms with Gasteiger partial charge in [-0.3, -0.25) is 24.3 Å². The summed E-state index contributed by atoms with van der Waals surface area (Å²) in [6.07, 6.45) is 1.05. The number of imide groups is 1. The van der Waals surface area contributed by atoms with Crippen molar-refractivity contribution in [1.29, 1.82) is 0 Å². The Morgan fingerprint density at radius 3 is 2.80 bits per heavy atom. The number of carbonyl (C=O) groups excluding carboxylic acids is 3. The molecule has 2 aromatic rings. The average molecular weight is 274 g/mol. The number of nitrogens with zero attached hydrogens (tertiary/aromatic N) is 1. The van der Waals surface area contributed by atoms with E-state index < -0.39 is 17.7 Å². The van der Waals surface area contributed by atoms with Gasteiger partial charge in [-0.1, -0.05) is 0 Å². The minimum Gasteiger partial charge on any atom is -0.408 e. The third-order valence-electron chi connectivity index (χ3n) is 3.30. The summed E-state index contributed by atoms with van der Waals surface area (Å²) in [4.78, 5) is 45.6. The number of rotatable bonds is 2. The Hall–Kier alpha value is -2.70. The van der Waals surface area contributed by atoms with Crippen LogP contribution in [0.2, 0.25) is 0 Å². The van der Waals surface area contributed by atoms with Crippen molar-refractivity contribution in [3.63, 3.8) is 0 Å². The van der Waals surface area contributed by atoms with E-state index in [1.807, 2.05) is 0 Å². The highest BCUT2D eigenvalue weighted by molar-refractivity contribution is 6.00. The molecule has 1 fully saturated rings. The molecule has 0 bridgehead atoms. The van der Waals surface area contributed by atoms with E-state index in [1.165, 1.54) is 16.7 Å². The molecule has 1 aliphatic heterocycles. The molecule has 20 heavy (non-hydrogen) atoms. The fourth-order valence-corrected chi connectivity index (χ4v) is 2.35. The Labute approximate surface area is 112 Å². The molecule has 1 saturated heterocycles. The van der Waals surface area contributed by atoms with Crippen LogP contribution >= 0.6 is 0 Å². The fourth-order valence-electron chi connectivity index (χ4n) is 2.35. The molecule has 2 heterocycles. The lowest BCUT2D eigenvalue weighted by Crippen LogP contribution is -2.43. The maximum Gasteiger partial charge on any atom is 0.420 e. The van der Waals surface area contributed by atoms with Crippen LogP contribution in [0.4, 0.5) is 0 Å². The van der Waals surface area contributed by atoms with Crippen LogP contribution < -0.4 is 11.1 Å². The molecule has 102 valence electrons. The number of nitrogens with one attached hydrogen (secondary N) is 1. The van der Waals surface area contributed by atoms with Gasteiger partial charge in [0.15, 0.2) is 5.58 Å². The molecule has 7 nitrogen and oxygen atoms in total. The van der Waals surface area contributed by atoms with Crippen LogP contribution in [0, 0.1) is 0 Å². The van der Waals surface area contributed by atoms with E-state index in [9.17, 15) is 19.2 Å². The molecule has 1 aliphatic rings. The number of fused-ring (bicyclic) bond motifs is 1. The number of hydrogen-bond acceptors (Lipinski definition) is 5. The van der Waals surface area contributed by atoms with Gasteiger partial charge < -0.3 is 4.42 Å². The van der Waals surface area contributed by atoms with Crippen molar-refractivity contribution in [2.75, 3.05) is 0 Å². The number of piperidine rings is 1. The minimum absolute atomic E-state index is 0.169. The monoisotopic (exact) mass is 274 g/mol. The summed E-state index contributed by atoms with van der Waals surface area (Å²) in [5.41, 5.74) is 1.04. The summed E-state index contributed by atoms with van der Waals surface area (Å²) in [5.74, 6) is -1.56. The smallest absolute Gasteiger partial charge is 0.408 e. The van der Waals surface area contributed by atoms with Crippen molar-refractivity contribution >= 4 is 29.2 Å². The average Bonchev–Trinajstić information content (AvgIpc) is 2.74. The molecule has 0 aliphatic carbocycles. The first-order valence-electron chi connectivity index (χ1n) is 6.04. The number of hydrogen-bond donors (Lipinski definition) is 1. The maximum atomic E-state index is 11.9. The molecule has 2 amide bonds. The van der Waals surface area contributed by atoms with E-state index in [0.29, 0.717) is 17.4 Å². The molecule has 0 spiro atoms. The third kappa shape index (κ3) is 1.83. The third-order valence-corrected chi connectivity index (χ3v) is 3.30. The van der Waals surface area contributed by atoms with Crippen LogP contribution in [-0.2, 0) is 9.59 Å². The zero-order valence-corrected chi connectivity index (χ0v) is 10.3. The Bertz CT molecular complexity index is 786. The zero-order chi connectivity index (χ0) is 14.3. The van der Waals surface area contributed by atoms with Crippen LogP contribution in [0.5, 0.6) is 0 Å². The molecule has 0 radical (unpaired) electrons. The number of carbonyl (C=O) groups is 3. The predicted octanol–water partition coefficient (Wildman–Crippen LogP) is 0.385. The van der Waals surface area contributed by atoms with E-state index in [2.05, 4.69) is 5.32 Å². The van der Waals surface area contributed by atoms with Crippen LogP contribution in [-0.4, -0.2) is 22.7 Å². The van der Waals surface area contributed by atoms with E-state index >= 15 is 0 Å². The first kappa shape index (κ1) is 12.3. The highest BCUT2D eigenvalue weighted by Gasteiger charge is 2.31. The van der Waals surface area contributed by atoms with Gasteiger partial charge in [-0.15, -0.1) is 0 Å². The highest BCUT2D eigenvalue weighted by atomic mass is 16.4. The molecule has 0 saturated carbocycles. The van der Waals surface area contributed by atoms with Crippen molar-refractivity contribution in [2.24, 2.45) is 0 Å². The van der Waals surface area contributed by atoms with E-state index in [0.717, 1.165) is 0 Å². The van der Waals surface area contributed by atoms with Gasteiger partial charge in [0, 0.05) is 12.0 Å². The van der Waals surface area contributed by atoms with Gasteiger partial charge in [0.05, 0.1) is 5.52 Å². The van der Waals surface area contributed by atoms with Crippen molar-refractivity contribution in [3.8, 4) is 0 Å². The van der Waals surface area contributed by atoms with Gasteiger partial charge >= 0.3 is 5.76 Å². The van der Waals surface area contributed by atoms with Gasteiger partial charge in [-0.05, 0) is 24.6 Å². The minimum atomic E-state index is -0.775. The molecule has 1 aromatic carbocycles. The van der Waals surface area contributed by atoms with Crippen molar-refractivity contribution in [3.05, 3.63) is 34.3 Å². The molecule has 1 aromatic heterocycles. The molecule has 1 N–H and O–H groups in total. The van der Waals surface area contributed by atoms with Gasteiger partial charge in [0.1, 0.15) is 12.3 Å². The summed E-state index contributed by atoms with van der Waals surface area (Å²) in [6.45, 7) is 0. The van der Waals surface area contributed by atoms with Gasteiger partial charge in [0.2, 0.25) is 11.8 Å². The normalized spacial score (nSPS) is 19.1. The number of benzene rings is 1. The first-order chi connectivity index (χ1) is 9.60. The second kappa shape index (κ2) is 4.44. The second-order valence-electron chi connectivity index (χ2n) is 4.55. The van der Waals surface area contributed by atoms with E-state index in [4.69, 9.17) is 4.42 Å². The summed E-state index contributed by atoms with van der Waals surface area (Å²) in [5, 5.41) is 2.20. The van der Waals surface area contributed by atoms with Crippen LogP contribution in [0.25, 0.3) is 11.1 Å². The van der Waals surface area contributed by atoms with Gasteiger partial charge in [-0.2, -0.15) is 0 Å². The fraction of sp³-hybridized carbons (Fsp3) is 0.231. The van der Waals surface area contributed by atoms with E-state index in [1.54, 1.807) is 6.07 Å². The predicted molar refractivity (Wildman–Crippen MR) is 67.3 cm³/mol. The molecule has 1 atom stereocenters. The number of aldehydes is 1. The van der Waals surface area contributed by atoms with E-state index in [-0.39, 0.29) is 24.3 Å². The standard InChI is InChI=1S/C13H10N2O5/c16-6-7-1-2-8-10(5-7)20-13(19)15(8)9-3-4-11(17)14-12(9)18/h1-2,5-6,9H,3-4H2,(H,14,17,18). The lowest BCUT2D eigenvalue weighted by Gasteiger charge is -2.21. The Kier molecular flexibility index (Phi) is 2.74. The van der Waals surface area contributed by atoms with Crippen LogP contribution in [0.3, 0.4) is 0 Å². The second-order valence-corrected chi connectivity index (χ2v) is 4.55. The largest absolute Gasteiger partial charge is 0.420 e. The topological polar surface area (TPSA) is 98.4 Å². The quantitative estimate of drug-likeness (QED) is 0.630. The maximum absolute atomic E-state index is 11.9. The summed E-state index contributed by atoms with van der Waals surface area (Å²) in [6, 6.07) is 3.75. The number of aromatic nitrogens is 1.